The van der Waals surface area contributed by atoms with Gasteiger partial charge in [-0.3, -0.25) is 4.79 Å². The van der Waals surface area contributed by atoms with E-state index >= 15 is 0 Å². The summed E-state index contributed by atoms with van der Waals surface area (Å²) >= 11 is 0. The van der Waals surface area contributed by atoms with Crippen molar-refractivity contribution in [1.29, 1.82) is 5.26 Å². The zero-order valence-electron chi connectivity index (χ0n) is 10.7. The summed E-state index contributed by atoms with van der Waals surface area (Å²) in [7, 11) is 1.68. The van der Waals surface area contributed by atoms with Gasteiger partial charge in [0.25, 0.3) is 0 Å². The van der Waals surface area contributed by atoms with Crippen LogP contribution >= 0.6 is 0 Å². The van der Waals surface area contributed by atoms with Crippen LogP contribution in [0, 0.1) is 11.3 Å². The lowest BCUT2D eigenvalue weighted by Crippen LogP contribution is -2.42. The average molecular weight is 245 g/mol. The van der Waals surface area contributed by atoms with Gasteiger partial charge in [-0.05, 0) is 18.4 Å². The summed E-state index contributed by atoms with van der Waals surface area (Å²) in [4.78, 5) is 13.4. The third-order valence-corrected chi connectivity index (χ3v) is 2.84. The van der Waals surface area contributed by atoms with Crippen molar-refractivity contribution in [2.45, 2.75) is 25.3 Å². The fourth-order valence-electron chi connectivity index (χ4n) is 1.70. The highest BCUT2D eigenvalue weighted by molar-refractivity contribution is 5.81. The quantitative estimate of drug-likeness (QED) is 0.821. The van der Waals surface area contributed by atoms with Crippen molar-refractivity contribution in [3.8, 4) is 6.07 Å². The van der Waals surface area contributed by atoms with Crippen LogP contribution in [0.4, 0.5) is 0 Å². The lowest BCUT2D eigenvalue weighted by atomic mass is 10.1. The Morgan fingerprint density at radius 3 is 2.72 bits per heavy atom. The Morgan fingerprint density at radius 2 is 2.11 bits per heavy atom. The van der Waals surface area contributed by atoms with E-state index in [1.807, 2.05) is 36.4 Å². The normalized spacial score (nSPS) is 11.6. The van der Waals surface area contributed by atoms with Gasteiger partial charge >= 0.3 is 0 Å². The second-order valence-corrected chi connectivity index (χ2v) is 4.30. The van der Waals surface area contributed by atoms with Crippen LogP contribution in [0.1, 0.15) is 18.4 Å². The first-order chi connectivity index (χ1) is 8.65. The van der Waals surface area contributed by atoms with Gasteiger partial charge in [-0.25, -0.2) is 0 Å². The number of likely N-dealkylation sites (N-methyl/N-ethyl adjacent to an activating group) is 1. The highest BCUT2D eigenvalue weighted by Gasteiger charge is 2.17. The molecule has 0 bridgehead atoms. The molecule has 0 saturated heterocycles. The Labute approximate surface area is 108 Å². The van der Waals surface area contributed by atoms with Gasteiger partial charge < -0.3 is 10.6 Å². The minimum Gasteiger partial charge on any atom is -0.343 e. The summed E-state index contributed by atoms with van der Waals surface area (Å²) < 4.78 is 0. The monoisotopic (exact) mass is 245 g/mol. The molecule has 0 aliphatic rings. The van der Waals surface area contributed by atoms with Crippen LogP contribution in [-0.4, -0.2) is 30.4 Å². The Morgan fingerprint density at radius 1 is 1.44 bits per heavy atom. The molecule has 0 aliphatic carbocycles. The number of aryl methyl sites for hydroxylation is 1. The molecule has 0 heterocycles. The molecule has 1 rings (SSSR count). The van der Waals surface area contributed by atoms with Crippen molar-refractivity contribution in [3.63, 3.8) is 0 Å². The molecule has 4 heteroatoms. The summed E-state index contributed by atoms with van der Waals surface area (Å²) in [5, 5.41) is 8.47. The fourth-order valence-corrected chi connectivity index (χ4v) is 1.70. The van der Waals surface area contributed by atoms with Crippen molar-refractivity contribution < 1.29 is 4.79 Å². The summed E-state index contributed by atoms with van der Waals surface area (Å²) in [5.74, 6) is -0.0961. The average Bonchev–Trinajstić information content (AvgIpc) is 2.42. The van der Waals surface area contributed by atoms with Gasteiger partial charge in [-0.1, -0.05) is 30.3 Å². The first-order valence-corrected chi connectivity index (χ1v) is 6.06. The summed E-state index contributed by atoms with van der Waals surface area (Å²) in [5.41, 5.74) is 7.04. The van der Waals surface area contributed by atoms with Gasteiger partial charge in [-0.2, -0.15) is 5.26 Å². The number of benzene rings is 1. The number of hydrogen-bond donors (Lipinski definition) is 1. The third-order valence-electron chi connectivity index (χ3n) is 2.84. The van der Waals surface area contributed by atoms with E-state index in [-0.39, 0.29) is 5.91 Å². The van der Waals surface area contributed by atoms with E-state index in [0.717, 1.165) is 6.42 Å². The van der Waals surface area contributed by atoms with Crippen LogP contribution in [0.15, 0.2) is 30.3 Å². The van der Waals surface area contributed by atoms with Crippen molar-refractivity contribution in [2.75, 3.05) is 13.6 Å². The molecule has 96 valence electrons. The molecule has 2 N–H and O–H groups in total. The second kappa shape index (κ2) is 7.46. The van der Waals surface area contributed by atoms with E-state index < -0.39 is 6.04 Å². The molecule has 1 aromatic rings. The molecule has 1 aromatic carbocycles. The zero-order valence-corrected chi connectivity index (χ0v) is 10.7. The lowest BCUT2D eigenvalue weighted by Gasteiger charge is -2.20. The SMILES string of the molecule is CN(CCC#N)C(=O)[C@@H](N)CCc1ccccc1. The van der Waals surface area contributed by atoms with Gasteiger partial charge in [0.2, 0.25) is 5.91 Å². The van der Waals surface area contributed by atoms with Crippen LogP contribution in [0.5, 0.6) is 0 Å². The molecule has 0 radical (unpaired) electrons. The number of carbonyl (C=O) groups excluding carboxylic acids is 1. The second-order valence-electron chi connectivity index (χ2n) is 4.30. The molecule has 0 fully saturated rings. The molecule has 1 atom stereocenters. The van der Waals surface area contributed by atoms with E-state index in [2.05, 4.69) is 0 Å². The van der Waals surface area contributed by atoms with E-state index in [1.165, 1.54) is 10.5 Å². The number of nitrogens with two attached hydrogens (primary N) is 1. The lowest BCUT2D eigenvalue weighted by molar-refractivity contribution is -0.131. The molecule has 4 nitrogen and oxygen atoms in total. The standard InChI is InChI=1S/C14H19N3O/c1-17(11-5-10-15)14(18)13(16)9-8-12-6-3-2-4-7-12/h2-4,6-7,13H,5,8-9,11,16H2,1H3/t13-/m0/s1. The first-order valence-electron chi connectivity index (χ1n) is 6.06. The number of rotatable bonds is 6. The Balaban J connectivity index is 2.38. The minimum absolute atomic E-state index is 0.0961. The predicted octanol–water partition coefficient (Wildman–Crippen LogP) is 1.32. The zero-order chi connectivity index (χ0) is 13.4. The summed E-state index contributed by atoms with van der Waals surface area (Å²) in [6.07, 6.45) is 1.76. The van der Waals surface area contributed by atoms with Crippen molar-refractivity contribution in [3.05, 3.63) is 35.9 Å². The maximum absolute atomic E-state index is 11.9. The maximum Gasteiger partial charge on any atom is 0.239 e. The number of nitriles is 1. The minimum atomic E-state index is -0.492. The largest absolute Gasteiger partial charge is 0.343 e. The highest BCUT2D eigenvalue weighted by atomic mass is 16.2. The topological polar surface area (TPSA) is 70.1 Å². The maximum atomic E-state index is 11.9. The van der Waals surface area contributed by atoms with Crippen LogP contribution in [-0.2, 0) is 11.2 Å². The van der Waals surface area contributed by atoms with E-state index in [9.17, 15) is 4.79 Å². The van der Waals surface area contributed by atoms with Crippen molar-refractivity contribution in [1.82, 2.24) is 4.90 Å². The van der Waals surface area contributed by atoms with E-state index in [4.69, 9.17) is 11.0 Å². The smallest absolute Gasteiger partial charge is 0.239 e. The molecule has 0 aliphatic heterocycles. The molecule has 0 spiro atoms. The molecule has 18 heavy (non-hydrogen) atoms. The van der Waals surface area contributed by atoms with Crippen LogP contribution < -0.4 is 5.73 Å². The molecule has 0 saturated carbocycles. The van der Waals surface area contributed by atoms with E-state index in [0.29, 0.717) is 19.4 Å². The summed E-state index contributed by atoms with van der Waals surface area (Å²) in [6, 6.07) is 11.5. The third kappa shape index (κ3) is 4.56. The van der Waals surface area contributed by atoms with Gasteiger partial charge in [0, 0.05) is 13.6 Å². The van der Waals surface area contributed by atoms with Gasteiger partial charge in [-0.15, -0.1) is 0 Å². The number of hydrogen-bond acceptors (Lipinski definition) is 3. The Kier molecular flexibility index (Phi) is 5.89. The van der Waals surface area contributed by atoms with E-state index in [1.54, 1.807) is 7.05 Å². The van der Waals surface area contributed by atoms with Gasteiger partial charge in [0.15, 0.2) is 0 Å². The Hall–Kier alpha value is -1.86. The van der Waals surface area contributed by atoms with Crippen LogP contribution in [0.2, 0.25) is 0 Å². The molecule has 0 unspecified atom stereocenters. The summed E-state index contributed by atoms with van der Waals surface area (Å²) in [6.45, 7) is 0.439. The first kappa shape index (κ1) is 14.2. The molecule has 0 aromatic heterocycles. The Bertz CT molecular complexity index is 411. The highest BCUT2D eigenvalue weighted by Crippen LogP contribution is 2.05. The fraction of sp³-hybridized carbons (Fsp3) is 0.429. The van der Waals surface area contributed by atoms with Gasteiger partial charge in [0.05, 0.1) is 18.5 Å². The van der Waals surface area contributed by atoms with Crippen molar-refractivity contribution >= 4 is 5.91 Å². The van der Waals surface area contributed by atoms with Gasteiger partial charge in [0.1, 0.15) is 0 Å². The number of carbonyl (C=O) groups is 1. The number of nitrogens with zero attached hydrogens (tertiary/aromatic N) is 2. The molecular formula is C14H19N3O. The molecule has 1 amide bonds. The number of amides is 1. The molecular weight excluding hydrogens is 226 g/mol. The predicted molar refractivity (Wildman–Crippen MR) is 70.6 cm³/mol. The van der Waals surface area contributed by atoms with Crippen LogP contribution in [0.3, 0.4) is 0 Å². The van der Waals surface area contributed by atoms with Crippen LogP contribution in [0.25, 0.3) is 0 Å². The van der Waals surface area contributed by atoms with Crippen molar-refractivity contribution in [2.24, 2.45) is 5.73 Å².